The van der Waals surface area contributed by atoms with Gasteiger partial charge in [-0.25, -0.2) is 13.4 Å². The van der Waals surface area contributed by atoms with E-state index >= 15 is 0 Å². The molecule has 24 heavy (non-hydrogen) atoms. The molecule has 0 aliphatic carbocycles. The normalized spacial score (nSPS) is 12.6. The maximum Gasteiger partial charge on any atom is 0.225 e. The number of hydrogen-bond donors (Lipinski definition) is 1. The molecule has 1 heterocycles. The lowest BCUT2D eigenvalue weighted by atomic mass is 9.83. The number of aromatic amines is 1. The van der Waals surface area contributed by atoms with Gasteiger partial charge in [-0.05, 0) is 52.1 Å². The predicted molar refractivity (Wildman–Crippen MR) is 97.8 cm³/mol. The number of hydrogen-bond acceptors (Lipinski definition) is 3. The largest absolute Gasteiger partial charge is 0.334 e. The average molecular weight is 369 g/mol. The Morgan fingerprint density at radius 2 is 1.54 bits per heavy atom. The molecule has 0 bridgehead atoms. The summed E-state index contributed by atoms with van der Waals surface area (Å²) in [6, 6.07) is 3.65. The van der Waals surface area contributed by atoms with Crippen LogP contribution in [-0.2, 0) is 9.84 Å². The molecular formula is C18H25ClN2O2S. The minimum absolute atomic E-state index is 0.0404. The van der Waals surface area contributed by atoms with Gasteiger partial charge in [-0.3, -0.25) is 0 Å². The van der Waals surface area contributed by atoms with Crippen molar-refractivity contribution in [3.8, 4) is 0 Å². The topological polar surface area (TPSA) is 62.8 Å². The first-order valence-corrected chi connectivity index (χ1v) is 10.1. The minimum atomic E-state index is -3.72. The predicted octanol–water partition coefficient (Wildman–Crippen LogP) is 5.27. The van der Waals surface area contributed by atoms with Gasteiger partial charge >= 0.3 is 0 Å². The van der Waals surface area contributed by atoms with E-state index in [1.165, 1.54) is 11.8 Å². The van der Waals surface area contributed by atoms with Gasteiger partial charge in [-0.15, -0.1) is 0 Å². The molecule has 2 aromatic rings. The Morgan fingerprint density at radius 1 is 0.958 bits per heavy atom. The van der Waals surface area contributed by atoms with Gasteiger partial charge in [0.25, 0.3) is 0 Å². The summed E-state index contributed by atoms with van der Waals surface area (Å²) in [6.07, 6.45) is 1.34. The fourth-order valence-corrected chi connectivity index (χ4v) is 4.87. The number of sulfone groups is 1. The Hall–Kier alpha value is -1.33. The number of nitrogens with one attached hydrogen (secondary N) is 1. The van der Waals surface area contributed by atoms with Crippen molar-refractivity contribution in [2.45, 2.75) is 69.2 Å². The van der Waals surface area contributed by atoms with Crippen molar-refractivity contribution in [2.75, 3.05) is 0 Å². The highest BCUT2D eigenvalue weighted by atomic mass is 35.5. The van der Waals surface area contributed by atoms with Crippen molar-refractivity contribution < 1.29 is 8.42 Å². The summed E-state index contributed by atoms with van der Waals surface area (Å²) in [5, 5.41) is 0.0314. The first kappa shape index (κ1) is 19.0. The van der Waals surface area contributed by atoms with Crippen LogP contribution in [-0.4, -0.2) is 18.4 Å². The molecule has 0 radical (unpaired) electrons. The third kappa shape index (κ3) is 3.38. The van der Waals surface area contributed by atoms with Crippen molar-refractivity contribution in [3.05, 3.63) is 40.3 Å². The van der Waals surface area contributed by atoms with Crippen molar-refractivity contribution in [1.29, 1.82) is 0 Å². The van der Waals surface area contributed by atoms with Crippen molar-refractivity contribution in [2.24, 2.45) is 0 Å². The number of H-pyrrole nitrogens is 1. The molecule has 0 aliphatic heterocycles. The van der Waals surface area contributed by atoms with E-state index in [-0.39, 0.29) is 22.1 Å². The molecule has 0 saturated heterocycles. The van der Waals surface area contributed by atoms with Crippen molar-refractivity contribution in [3.63, 3.8) is 0 Å². The lowest BCUT2D eigenvalue weighted by molar-refractivity contribution is 0.589. The zero-order valence-corrected chi connectivity index (χ0v) is 16.6. The van der Waals surface area contributed by atoms with Gasteiger partial charge in [0.2, 0.25) is 15.1 Å². The quantitative estimate of drug-likeness (QED) is 0.782. The van der Waals surface area contributed by atoms with E-state index in [1.807, 2.05) is 19.9 Å². The number of aromatic nitrogens is 2. The molecular weight excluding hydrogens is 344 g/mol. The van der Waals surface area contributed by atoms with Crippen LogP contribution < -0.4 is 0 Å². The SMILES string of the molecule is CC(C)c1ccc(S(=O)(=O)c2c[nH]c(Cl)n2)c(C(C)C)c1C(C)C. The summed E-state index contributed by atoms with van der Waals surface area (Å²) in [5.41, 5.74) is 3.21. The second kappa shape index (κ2) is 6.89. The van der Waals surface area contributed by atoms with Crippen LogP contribution >= 0.6 is 11.6 Å². The van der Waals surface area contributed by atoms with E-state index in [1.54, 1.807) is 6.07 Å². The molecule has 1 aromatic carbocycles. The average Bonchev–Trinajstić information content (AvgIpc) is 2.92. The van der Waals surface area contributed by atoms with Crippen LogP contribution in [0.4, 0.5) is 0 Å². The standard InChI is InChI=1S/C18H25ClN2O2S/c1-10(2)13-7-8-14(17(12(5)6)16(13)11(3)4)24(22,23)15-9-20-18(19)21-15/h7-12H,1-6H3,(H,20,21). The fourth-order valence-electron chi connectivity index (χ4n) is 3.14. The molecule has 4 nitrogen and oxygen atoms in total. The molecule has 6 heteroatoms. The van der Waals surface area contributed by atoms with Crippen LogP contribution in [0.3, 0.4) is 0 Å². The van der Waals surface area contributed by atoms with E-state index in [4.69, 9.17) is 11.6 Å². The summed E-state index contributed by atoms with van der Waals surface area (Å²) >= 11 is 5.77. The van der Waals surface area contributed by atoms with Gasteiger partial charge in [0, 0.05) is 6.20 Å². The molecule has 0 amide bonds. The molecule has 1 N–H and O–H groups in total. The smallest absolute Gasteiger partial charge is 0.225 e. The Morgan fingerprint density at radius 3 is 1.96 bits per heavy atom. The van der Waals surface area contributed by atoms with Crippen LogP contribution in [0.1, 0.15) is 76.0 Å². The highest BCUT2D eigenvalue weighted by Gasteiger charge is 2.29. The third-order valence-electron chi connectivity index (χ3n) is 4.15. The molecule has 0 spiro atoms. The van der Waals surface area contributed by atoms with E-state index in [9.17, 15) is 8.42 Å². The first-order chi connectivity index (χ1) is 11.1. The molecule has 0 aliphatic rings. The van der Waals surface area contributed by atoms with E-state index in [0.717, 1.165) is 11.1 Å². The van der Waals surface area contributed by atoms with Crippen LogP contribution in [0.2, 0.25) is 5.28 Å². The molecule has 0 unspecified atom stereocenters. The van der Waals surface area contributed by atoms with Crippen LogP contribution in [0, 0.1) is 0 Å². The van der Waals surface area contributed by atoms with Crippen molar-refractivity contribution >= 4 is 21.4 Å². The summed E-state index contributed by atoms with van der Waals surface area (Å²) < 4.78 is 26.2. The zero-order chi connectivity index (χ0) is 18.2. The molecule has 1 aromatic heterocycles. The number of imidazole rings is 1. The van der Waals surface area contributed by atoms with Gasteiger partial charge in [0.05, 0.1) is 4.90 Å². The summed E-state index contributed by atoms with van der Waals surface area (Å²) in [7, 11) is -3.72. The van der Waals surface area contributed by atoms with E-state index in [0.29, 0.717) is 10.8 Å². The van der Waals surface area contributed by atoms with Gasteiger partial charge in [-0.1, -0.05) is 47.6 Å². The van der Waals surface area contributed by atoms with Crippen LogP contribution in [0.25, 0.3) is 0 Å². The maximum atomic E-state index is 13.1. The number of rotatable bonds is 5. The Labute approximate surface area is 149 Å². The number of benzene rings is 1. The Bertz CT molecular complexity index is 837. The summed E-state index contributed by atoms with van der Waals surface area (Å²) in [6.45, 7) is 12.5. The van der Waals surface area contributed by atoms with E-state index in [2.05, 4.69) is 37.7 Å². The van der Waals surface area contributed by atoms with Crippen LogP contribution in [0.5, 0.6) is 0 Å². The second-order valence-corrected chi connectivity index (χ2v) is 9.20. The number of halogens is 1. The van der Waals surface area contributed by atoms with Crippen molar-refractivity contribution in [1.82, 2.24) is 9.97 Å². The Balaban J connectivity index is 2.83. The lowest BCUT2D eigenvalue weighted by Gasteiger charge is -2.25. The molecule has 0 atom stereocenters. The summed E-state index contributed by atoms with van der Waals surface area (Å²) in [5.74, 6) is 0.648. The number of nitrogens with zero attached hydrogens (tertiary/aromatic N) is 1. The maximum absolute atomic E-state index is 13.1. The Kier molecular flexibility index (Phi) is 5.45. The van der Waals surface area contributed by atoms with Gasteiger partial charge in [0.15, 0.2) is 5.03 Å². The molecule has 0 saturated carbocycles. The fraction of sp³-hybridized carbons (Fsp3) is 0.500. The molecule has 2 rings (SSSR count). The lowest BCUT2D eigenvalue weighted by Crippen LogP contribution is -2.13. The monoisotopic (exact) mass is 368 g/mol. The second-order valence-electron chi connectivity index (χ2n) is 6.98. The van der Waals surface area contributed by atoms with Gasteiger partial charge in [-0.2, -0.15) is 0 Å². The molecule has 0 fully saturated rings. The third-order valence-corrected chi connectivity index (χ3v) is 6.03. The van der Waals surface area contributed by atoms with Gasteiger partial charge in [0.1, 0.15) is 0 Å². The first-order valence-electron chi connectivity index (χ1n) is 8.20. The minimum Gasteiger partial charge on any atom is -0.334 e. The highest BCUT2D eigenvalue weighted by Crippen LogP contribution is 2.38. The highest BCUT2D eigenvalue weighted by molar-refractivity contribution is 7.91. The van der Waals surface area contributed by atoms with E-state index < -0.39 is 9.84 Å². The molecule has 132 valence electrons. The van der Waals surface area contributed by atoms with Crippen LogP contribution in [0.15, 0.2) is 28.3 Å². The van der Waals surface area contributed by atoms with Gasteiger partial charge < -0.3 is 4.98 Å². The zero-order valence-electron chi connectivity index (χ0n) is 15.0. The summed E-state index contributed by atoms with van der Waals surface area (Å²) in [4.78, 5) is 6.88.